The van der Waals surface area contributed by atoms with E-state index >= 15 is 0 Å². The second-order valence-electron chi connectivity index (χ2n) is 6.40. The molecule has 0 saturated carbocycles. The van der Waals surface area contributed by atoms with E-state index in [1.54, 1.807) is 0 Å². The Morgan fingerprint density at radius 3 is 2.81 bits per heavy atom. The zero-order chi connectivity index (χ0) is 15.5. The number of benzene rings is 1. The van der Waals surface area contributed by atoms with Crippen LogP contribution in [0.15, 0.2) is 18.2 Å². The van der Waals surface area contributed by atoms with Crippen LogP contribution in [-0.2, 0) is 4.74 Å². The van der Waals surface area contributed by atoms with Gasteiger partial charge in [0.15, 0.2) is 0 Å². The first-order valence-corrected chi connectivity index (χ1v) is 8.21. The first-order chi connectivity index (χ1) is 9.95. The smallest absolute Gasteiger partial charge is 0.0694 e. The molecule has 1 atom stereocenters. The van der Waals surface area contributed by atoms with Crippen molar-refractivity contribution in [2.75, 3.05) is 31.2 Å². The minimum Gasteiger partial charge on any atom is -0.377 e. The molecule has 3 nitrogen and oxygen atoms in total. The van der Waals surface area contributed by atoms with Crippen molar-refractivity contribution in [1.29, 1.82) is 0 Å². The molecular formula is C17H27ClN2O. The fourth-order valence-electron chi connectivity index (χ4n) is 2.79. The van der Waals surface area contributed by atoms with E-state index in [-0.39, 0.29) is 5.54 Å². The molecule has 1 heterocycles. The molecule has 0 amide bonds. The van der Waals surface area contributed by atoms with E-state index in [4.69, 9.17) is 16.3 Å². The van der Waals surface area contributed by atoms with Crippen LogP contribution < -0.4 is 10.2 Å². The van der Waals surface area contributed by atoms with Crippen LogP contribution in [0.4, 0.5) is 5.69 Å². The highest BCUT2D eigenvalue weighted by Crippen LogP contribution is 2.34. The molecule has 1 fully saturated rings. The quantitative estimate of drug-likeness (QED) is 0.889. The second-order valence-corrected chi connectivity index (χ2v) is 6.81. The molecule has 118 valence electrons. The maximum Gasteiger partial charge on any atom is 0.0694 e. The lowest BCUT2D eigenvalue weighted by Crippen LogP contribution is -2.53. The van der Waals surface area contributed by atoms with Gasteiger partial charge in [0.25, 0.3) is 0 Å². The van der Waals surface area contributed by atoms with Gasteiger partial charge in [-0.3, -0.25) is 0 Å². The zero-order valence-corrected chi connectivity index (χ0v) is 14.3. The zero-order valence-electron chi connectivity index (χ0n) is 13.6. The molecule has 0 bridgehead atoms. The molecule has 1 saturated heterocycles. The van der Waals surface area contributed by atoms with Crippen LogP contribution in [0.25, 0.3) is 0 Å². The fraction of sp³-hybridized carbons (Fsp3) is 0.647. The Bertz CT molecular complexity index is 476. The summed E-state index contributed by atoms with van der Waals surface area (Å²) in [6.07, 6.45) is 1.14. The molecule has 4 heteroatoms. The first-order valence-electron chi connectivity index (χ1n) is 7.84. The van der Waals surface area contributed by atoms with Gasteiger partial charge in [-0.25, -0.2) is 0 Å². The van der Waals surface area contributed by atoms with Crippen molar-refractivity contribution in [2.45, 2.75) is 45.7 Å². The summed E-state index contributed by atoms with van der Waals surface area (Å²) < 4.78 is 5.59. The van der Waals surface area contributed by atoms with Gasteiger partial charge in [-0.15, -0.1) is 0 Å². The normalized spacial score (nSPS) is 19.6. The summed E-state index contributed by atoms with van der Waals surface area (Å²) in [5, 5.41) is 4.33. The third kappa shape index (κ3) is 3.91. The molecule has 2 rings (SSSR count). The van der Waals surface area contributed by atoms with Crippen molar-refractivity contribution in [2.24, 2.45) is 0 Å². The van der Waals surface area contributed by atoms with Gasteiger partial charge in [0.05, 0.1) is 29.5 Å². The van der Waals surface area contributed by atoms with Gasteiger partial charge in [0.1, 0.15) is 0 Å². The van der Waals surface area contributed by atoms with Gasteiger partial charge in [-0.2, -0.15) is 0 Å². The number of nitrogens with zero attached hydrogens (tertiary/aromatic N) is 1. The highest BCUT2D eigenvalue weighted by atomic mass is 35.5. The predicted octanol–water partition coefficient (Wildman–Crippen LogP) is 4.02. The van der Waals surface area contributed by atoms with Crippen molar-refractivity contribution in [3.05, 3.63) is 28.8 Å². The Balaban J connectivity index is 2.19. The van der Waals surface area contributed by atoms with Crippen LogP contribution in [0.2, 0.25) is 5.02 Å². The average Bonchev–Trinajstić information content (AvgIpc) is 2.45. The number of anilines is 1. The van der Waals surface area contributed by atoms with Crippen molar-refractivity contribution < 1.29 is 4.74 Å². The monoisotopic (exact) mass is 310 g/mol. The number of rotatable bonds is 5. The van der Waals surface area contributed by atoms with Crippen molar-refractivity contribution in [3.8, 4) is 0 Å². The van der Waals surface area contributed by atoms with Gasteiger partial charge in [0.2, 0.25) is 0 Å². The summed E-state index contributed by atoms with van der Waals surface area (Å²) in [6.45, 7) is 12.2. The third-order valence-electron chi connectivity index (χ3n) is 4.11. The molecule has 1 aromatic carbocycles. The molecule has 0 radical (unpaired) electrons. The topological polar surface area (TPSA) is 24.5 Å². The molecule has 0 aliphatic carbocycles. The van der Waals surface area contributed by atoms with E-state index in [0.717, 1.165) is 43.4 Å². The van der Waals surface area contributed by atoms with E-state index < -0.39 is 0 Å². The van der Waals surface area contributed by atoms with Crippen molar-refractivity contribution in [1.82, 2.24) is 5.32 Å². The van der Waals surface area contributed by atoms with Crippen LogP contribution in [0.1, 0.15) is 45.7 Å². The van der Waals surface area contributed by atoms with Crippen LogP contribution in [0, 0.1) is 0 Å². The summed E-state index contributed by atoms with van der Waals surface area (Å²) in [4.78, 5) is 2.35. The number of nitrogens with one attached hydrogen (secondary N) is 1. The predicted molar refractivity (Wildman–Crippen MR) is 90.4 cm³/mol. The molecule has 1 aromatic rings. The SMILES string of the molecule is CCCNC(C)c1ccc(N2CCOCC2(C)C)c(Cl)c1. The molecule has 1 aliphatic heterocycles. The van der Waals surface area contributed by atoms with Gasteiger partial charge < -0.3 is 15.0 Å². The Morgan fingerprint density at radius 2 is 2.19 bits per heavy atom. The second kappa shape index (κ2) is 6.99. The number of hydrogen-bond donors (Lipinski definition) is 1. The van der Waals surface area contributed by atoms with Gasteiger partial charge in [-0.1, -0.05) is 24.6 Å². The van der Waals surface area contributed by atoms with E-state index in [1.807, 2.05) is 0 Å². The van der Waals surface area contributed by atoms with Crippen molar-refractivity contribution in [3.63, 3.8) is 0 Å². The molecule has 1 N–H and O–H groups in total. The van der Waals surface area contributed by atoms with E-state index in [9.17, 15) is 0 Å². The number of morpholine rings is 1. The van der Waals surface area contributed by atoms with Crippen LogP contribution >= 0.6 is 11.6 Å². The first kappa shape index (κ1) is 16.6. The highest BCUT2D eigenvalue weighted by molar-refractivity contribution is 6.33. The van der Waals surface area contributed by atoms with Gasteiger partial charge in [0, 0.05) is 12.6 Å². The maximum atomic E-state index is 6.56. The van der Waals surface area contributed by atoms with Crippen LogP contribution in [0.5, 0.6) is 0 Å². The minimum atomic E-state index is -0.0184. The number of hydrogen-bond acceptors (Lipinski definition) is 3. The number of halogens is 1. The average molecular weight is 311 g/mol. The van der Waals surface area contributed by atoms with E-state index in [0.29, 0.717) is 6.04 Å². The van der Waals surface area contributed by atoms with E-state index in [1.165, 1.54) is 5.56 Å². The fourth-order valence-corrected chi connectivity index (χ4v) is 3.09. The largest absolute Gasteiger partial charge is 0.377 e. The molecule has 1 aliphatic rings. The van der Waals surface area contributed by atoms with Gasteiger partial charge in [-0.05, 0) is 51.4 Å². The van der Waals surface area contributed by atoms with Crippen LogP contribution in [0.3, 0.4) is 0 Å². The summed E-state index contributed by atoms with van der Waals surface area (Å²) in [5.41, 5.74) is 2.33. The maximum absolute atomic E-state index is 6.56. The van der Waals surface area contributed by atoms with E-state index in [2.05, 4.69) is 56.1 Å². The molecule has 0 spiro atoms. The van der Waals surface area contributed by atoms with Gasteiger partial charge >= 0.3 is 0 Å². The Morgan fingerprint density at radius 1 is 1.43 bits per heavy atom. The number of ether oxygens (including phenoxy) is 1. The molecule has 21 heavy (non-hydrogen) atoms. The summed E-state index contributed by atoms with van der Waals surface area (Å²) in [7, 11) is 0. The lowest BCUT2D eigenvalue weighted by molar-refractivity contribution is 0.0644. The minimum absolute atomic E-state index is 0.0184. The van der Waals surface area contributed by atoms with Crippen molar-refractivity contribution >= 4 is 17.3 Å². The Labute approximate surface area is 133 Å². The summed E-state index contributed by atoms with van der Waals surface area (Å²) in [6, 6.07) is 6.75. The van der Waals surface area contributed by atoms with Crippen LogP contribution in [-0.4, -0.2) is 31.8 Å². The third-order valence-corrected chi connectivity index (χ3v) is 4.41. The molecule has 0 aromatic heterocycles. The summed E-state index contributed by atoms with van der Waals surface area (Å²) >= 11 is 6.56. The lowest BCUT2D eigenvalue weighted by atomic mass is 10.00. The molecule has 1 unspecified atom stereocenters. The lowest BCUT2D eigenvalue weighted by Gasteiger charge is -2.44. The highest BCUT2D eigenvalue weighted by Gasteiger charge is 2.31. The summed E-state index contributed by atoms with van der Waals surface area (Å²) in [5.74, 6) is 0. The molecular weight excluding hydrogens is 284 g/mol. The Kier molecular flexibility index (Phi) is 5.53. The Hall–Kier alpha value is -0.770. The standard InChI is InChI=1S/C17H27ClN2O/c1-5-8-19-13(2)14-6-7-16(15(18)11-14)20-9-10-21-12-17(20,3)4/h6-7,11,13,19H,5,8-10,12H2,1-4H3.